The van der Waals surface area contributed by atoms with Crippen LogP contribution in [-0.4, -0.2) is 11.2 Å². The summed E-state index contributed by atoms with van der Waals surface area (Å²) in [6, 6.07) is 7.60. The summed E-state index contributed by atoms with van der Waals surface area (Å²) in [4.78, 5) is 5.26. The molecule has 1 nitrogen and oxygen atoms in total. The Kier molecular flexibility index (Phi) is 4.30. The van der Waals surface area contributed by atoms with Crippen molar-refractivity contribution in [2.45, 2.75) is 25.9 Å². The van der Waals surface area contributed by atoms with Crippen molar-refractivity contribution >= 4 is 27.3 Å². The zero-order valence-corrected chi connectivity index (χ0v) is 12.5. The Bertz CT molecular complexity index is 578. The predicted octanol–water partition coefficient (Wildman–Crippen LogP) is 5.38. The van der Waals surface area contributed by atoms with Crippen molar-refractivity contribution in [1.29, 1.82) is 0 Å². The highest BCUT2D eigenvalue weighted by Gasteiger charge is 2.27. The minimum Gasteiger partial charge on any atom is -0.241 e. The zero-order chi connectivity index (χ0) is 14.0. The van der Waals surface area contributed by atoms with Crippen LogP contribution in [0.25, 0.3) is 11.3 Å². The molecule has 6 heteroatoms. The number of nitrogens with zero attached hydrogens (tertiary/aromatic N) is 1. The van der Waals surface area contributed by atoms with Crippen LogP contribution in [0.4, 0.5) is 13.2 Å². The Morgan fingerprint density at radius 3 is 2.68 bits per heavy atom. The van der Waals surface area contributed by atoms with Gasteiger partial charge in [-0.15, -0.1) is 11.3 Å². The minimum absolute atomic E-state index is 0.0526. The van der Waals surface area contributed by atoms with E-state index in [-0.39, 0.29) is 6.42 Å². The third kappa shape index (κ3) is 4.04. The van der Waals surface area contributed by atoms with Crippen molar-refractivity contribution in [1.82, 2.24) is 4.98 Å². The molecule has 0 spiro atoms. The molecule has 102 valence electrons. The van der Waals surface area contributed by atoms with E-state index >= 15 is 0 Å². The van der Waals surface area contributed by atoms with Gasteiger partial charge in [0.05, 0.1) is 10.7 Å². The molecule has 0 aliphatic heterocycles. The van der Waals surface area contributed by atoms with Crippen LogP contribution >= 0.6 is 27.3 Å². The average molecular weight is 350 g/mol. The van der Waals surface area contributed by atoms with Crippen LogP contribution in [0.3, 0.4) is 0 Å². The first-order valence-corrected chi connectivity index (χ1v) is 7.25. The second-order valence-electron chi connectivity index (χ2n) is 4.14. The van der Waals surface area contributed by atoms with Crippen molar-refractivity contribution in [3.05, 3.63) is 38.6 Å². The standard InChI is InChI=1S/C13H11BrF3NS/c1-8-12(9-3-2-4-10(14)7-9)18-11(19-8)5-6-13(15,16)17/h2-4,7H,5-6H2,1H3. The second kappa shape index (κ2) is 5.63. The smallest absolute Gasteiger partial charge is 0.241 e. The van der Waals surface area contributed by atoms with Gasteiger partial charge in [-0.05, 0) is 19.1 Å². The lowest BCUT2D eigenvalue weighted by molar-refractivity contribution is -0.133. The molecule has 0 N–H and O–H groups in total. The summed E-state index contributed by atoms with van der Waals surface area (Å²) in [5, 5.41) is 0.532. The number of hydrogen-bond donors (Lipinski definition) is 0. The van der Waals surface area contributed by atoms with Crippen molar-refractivity contribution < 1.29 is 13.2 Å². The van der Waals surface area contributed by atoms with E-state index in [0.29, 0.717) is 5.01 Å². The molecule has 2 rings (SSSR count). The maximum atomic E-state index is 12.2. The van der Waals surface area contributed by atoms with Gasteiger partial charge in [-0.2, -0.15) is 13.2 Å². The van der Waals surface area contributed by atoms with Crippen LogP contribution in [0.15, 0.2) is 28.7 Å². The van der Waals surface area contributed by atoms with Gasteiger partial charge in [0.15, 0.2) is 0 Å². The third-order valence-corrected chi connectivity index (χ3v) is 4.09. The SMILES string of the molecule is Cc1sc(CCC(F)(F)F)nc1-c1cccc(Br)c1. The monoisotopic (exact) mass is 349 g/mol. The average Bonchev–Trinajstić information content (AvgIpc) is 2.67. The first-order valence-electron chi connectivity index (χ1n) is 5.64. The maximum Gasteiger partial charge on any atom is 0.389 e. The molecule has 2 aromatic rings. The number of halogens is 4. The number of alkyl halides is 3. The van der Waals surface area contributed by atoms with E-state index in [1.165, 1.54) is 11.3 Å². The molecule has 0 bridgehead atoms. The number of aryl methyl sites for hydroxylation is 2. The fourth-order valence-corrected chi connectivity index (χ4v) is 3.06. The Morgan fingerprint density at radius 2 is 2.05 bits per heavy atom. The van der Waals surface area contributed by atoms with Crippen LogP contribution in [-0.2, 0) is 6.42 Å². The Hall–Kier alpha value is -0.880. The highest BCUT2D eigenvalue weighted by atomic mass is 79.9. The van der Waals surface area contributed by atoms with E-state index in [1.807, 2.05) is 31.2 Å². The molecule has 0 atom stereocenters. The molecule has 0 radical (unpaired) electrons. The van der Waals surface area contributed by atoms with E-state index in [0.717, 1.165) is 20.6 Å². The van der Waals surface area contributed by atoms with Crippen LogP contribution in [0.5, 0.6) is 0 Å². The van der Waals surface area contributed by atoms with E-state index in [1.54, 1.807) is 0 Å². The number of thiazole rings is 1. The fourth-order valence-electron chi connectivity index (χ4n) is 1.71. The summed E-state index contributed by atoms with van der Waals surface area (Å²) < 4.78 is 37.5. The Morgan fingerprint density at radius 1 is 1.32 bits per heavy atom. The molecule has 19 heavy (non-hydrogen) atoms. The van der Waals surface area contributed by atoms with E-state index in [9.17, 15) is 13.2 Å². The lowest BCUT2D eigenvalue weighted by atomic mass is 10.1. The molecule has 1 aromatic carbocycles. The van der Waals surface area contributed by atoms with Crippen molar-refractivity contribution in [3.63, 3.8) is 0 Å². The summed E-state index contributed by atoms with van der Waals surface area (Å²) in [5.41, 5.74) is 1.69. The largest absolute Gasteiger partial charge is 0.389 e. The summed E-state index contributed by atoms with van der Waals surface area (Å²) in [6.45, 7) is 1.88. The van der Waals surface area contributed by atoms with Gasteiger partial charge in [0.25, 0.3) is 0 Å². The van der Waals surface area contributed by atoms with Gasteiger partial charge in [0, 0.05) is 27.8 Å². The van der Waals surface area contributed by atoms with Crippen LogP contribution < -0.4 is 0 Å². The van der Waals surface area contributed by atoms with Crippen LogP contribution in [0.1, 0.15) is 16.3 Å². The van der Waals surface area contributed by atoms with Gasteiger partial charge in [-0.25, -0.2) is 4.98 Å². The first kappa shape index (κ1) is 14.5. The van der Waals surface area contributed by atoms with Gasteiger partial charge >= 0.3 is 6.18 Å². The highest BCUT2D eigenvalue weighted by Crippen LogP contribution is 2.31. The van der Waals surface area contributed by atoms with E-state index in [4.69, 9.17) is 0 Å². The van der Waals surface area contributed by atoms with Crippen LogP contribution in [0, 0.1) is 6.92 Å². The minimum atomic E-state index is -4.13. The topological polar surface area (TPSA) is 12.9 Å². The third-order valence-electron chi connectivity index (χ3n) is 2.56. The molecule has 0 unspecified atom stereocenters. The van der Waals surface area contributed by atoms with Gasteiger partial charge in [-0.1, -0.05) is 28.1 Å². The molecule has 0 aliphatic rings. The normalized spacial score (nSPS) is 11.8. The lowest BCUT2D eigenvalue weighted by Crippen LogP contribution is -2.08. The van der Waals surface area contributed by atoms with Crippen LogP contribution in [0.2, 0.25) is 0 Å². The molecule has 1 aromatic heterocycles. The number of aromatic nitrogens is 1. The quantitative estimate of drug-likeness (QED) is 0.725. The van der Waals surface area contributed by atoms with Crippen molar-refractivity contribution in [3.8, 4) is 11.3 Å². The summed E-state index contributed by atoms with van der Waals surface area (Å²) in [7, 11) is 0. The number of rotatable bonds is 3. The molecular weight excluding hydrogens is 339 g/mol. The van der Waals surface area contributed by atoms with Gasteiger partial charge in [0.2, 0.25) is 0 Å². The van der Waals surface area contributed by atoms with Crippen molar-refractivity contribution in [2.24, 2.45) is 0 Å². The maximum absolute atomic E-state index is 12.2. The highest BCUT2D eigenvalue weighted by molar-refractivity contribution is 9.10. The molecule has 0 saturated carbocycles. The molecular formula is C13H11BrF3NS. The van der Waals surface area contributed by atoms with E-state index < -0.39 is 12.6 Å². The van der Waals surface area contributed by atoms with Gasteiger partial charge in [0.1, 0.15) is 0 Å². The zero-order valence-electron chi connectivity index (χ0n) is 10.1. The molecule has 0 amide bonds. The Balaban J connectivity index is 2.22. The summed E-state index contributed by atoms with van der Waals surface area (Å²) >= 11 is 4.70. The second-order valence-corrected chi connectivity index (χ2v) is 6.34. The molecule has 0 saturated heterocycles. The van der Waals surface area contributed by atoms with Gasteiger partial charge in [-0.3, -0.25) is 0 Å². The predicted molar refractivity (Wildman–Crippen MR) is 74.4 cm³/mol. The summed E-state index contributed by atoms with van der Waals surface area (Å²) in [6.07, 6.45) is -5.00. The van der Waals surface area contributed by atoms with Gasteiger partial charge < -0.3 is 0 Å². The Labute approximate surface area is 121 Å². The number of hydrogen-bond acceptors (Lipinski definition) is 2. The first-order chi connectivity index (χ1) is 8.85. The van der Waals surface area contributed by atoms with E-state index in [2.05, 4.69) is 20.9 Å². The fraction of sp³-hybridized carbons (Fsp3) is 0.308. The van der Waals surface area contributed by atoms with Crippen molar-refractivity contribution in [2.75, 3.05) is 0 Å². The molecule has 1 heterocycles. The number of benzene rings is 1. The molecule has 0 aliphatic carbocycles. The molecule has 0 fully saturated rings. The summed E-state index contributed by atoms with van der Waals surface area (Å²) in [5.74, 6) is 0. The lowest BCUT2D eigenvalue weighted by Gasteiger charge is -2.03.